The van der Waals surface area contributed by atoms with Gasteiger partial charge in [-0.2, -0.15) is 0 Å². The fourth-order valence-electron chi connectivity index (χ4n) is 2.17. The van der Waals surface area contributed by atoms with E-state index in [-0.39, 0.29) is 0 Å². The predicted molar refractivity (Wildman–Crippen MR) is 69.3 cm³/mol. The van der Waals surface area contributed by atoms with Gasteiger partial charge in [-0.3, -0.25) is 0 Å². The zero-order chi connectivity index (χ0) is 11.8. The molecule has 0 aliphatic rings. The third-order valence-corrected chi connectivity index (χ3v) is 3.06. The Morgan fingerprint density at radius 3 is 2.65 bits per heavy atom. The third-order valence-electron chi connectivity index (χ3n) is 3.06. The Kier molecular flexibility index (Phi) is 2.11. The average Bonchev–Trinajstić information content (AvgIpc) is 2.69. The number of hydrogen-bond donors (Lipinski definition) is 1. The van der Waals surface area contributed by atoms with Crippen molar-refractivity contribution in [2.24, 2.45) is 7.05 Å². The molecule has 3 nitrogen and oxygen atoms in total. The van der Waals surface area contributed by atoms with Crippen molar-refractivity contribution < 1.29 is 4.98 Å². The second-order valence-corrected chi connectivity index (χ2v) is 4.22. The number of rotatable bonds is 1. The summed E-state index contributed by atoms with van der Waals surface area (Å²) in [6, 6.07) is 10.1. The molecule has 3 rings (SSSR count). The van der Waals surface area contributed by atoms with Gasteiger partial charge in [0.15, 0.2) is 12.4 Å². The lowest BCUT2D eigenvalue weighted by atomic mass is 10.1. The van der Waals surface area contributed by atoms with Gasteiger partial charge in [0.1, 0.15) is 5.52 Å². The monoisotopic (exact) mass is 224 g/mol. The predicted octanol–water partition coefficient (Wildman–Crippen LogP) is 2.24. The molecule has 0 bridgehead atoms. The van der Waals surface area contributed by atoms with Crippen LogP contribution in [0.15, 0.2) is 48.9 Å². The normalized spacial score (nSPS) is 10.9. The van der Waals surface area contributed by atoms with E-state index in [9.17, 15) is 0 Å². The smallest absolute Gasteiger partial charge is 0.191 e. The molecule has 0 saturated carbocycles. The van der Waals surface area contributed by atoms with Gasteiger partial charge < -0.3 is 10.3 Å². The number of nitrogens with one attached hydrogen (secondary N) is 1. The topological polar surface area (TPSA) is 45.1 Å². The van der Waals surface area contributed by atoms with Crippen LogP contribution in [0.5, 0.6) is 0 Å². The maximum absolute atomic E-state index is 5.71. The van der Waals surface area contributed by atoms with Gasteiger partial charge >= 0.3 is 0 Å². The van der Waals surface area contributed by atoms with Crippen molar-refractivity contribution >= 4 is 16.6 Å². The molecule has 0 saturated heterocycles. The quantitative estimate of drug-likeness (QED) is 0.633. The molecule has 3 aromatic rings. The molecule has 0 fully saturated rings. The van der Waals surface area contributed by atoms with Gasteiger partial charge in [-0.25, -0.2) is 4.98 Å². The molecule has 0 aliphatic carbocycles. The summed E-state index contributed by atoms with van der Waals surface area (Å²) in [7, 11) is 2.05. The molecular formula is C14H14N3+. The first kappa shape index (κ1) is 9.90. The summed E-state index contributed by atoms with van der Waals surface area (Å²) in [4.78, 5) is 3.11. The van der Waals surface area contributed by atoms with Crippen molar-refractivity contribution in [3.05, 3.63) is 48.9 Å². The van der Waals surface area contributed by atoms with E-state index < -0.39 is 0 Å². The van der Waals surface area contributed by atoms with Crippen LogP contribution in [0, 0.1) is 0 Å². The number of nitrogen functional groups attached to an aromatic ring is 1. The SMILES string of the molecule is Cn1cc(-c2ccc(N)cc2)c2cc[nH+]cc21. The number of nitrogens with zero attached hydrogens (tertiary/aromatic N) is 1. The molecule has 0 spiro atoms. The Morgan fingerprint density at radius 2 is 1.88 bits per heavy atom. The summed E-state index contributed by atoms with van der Waals surface area (Å²) in [6.45, 7) is 0. The van der Waals surface area contributed by atoms with E-state index in [4.69, 9.17) is 5.73 Å². The molecule has 2 aromatic heterocycles. The zero-order valence-electron chi connectivity index (χ0n) is 9.64. The summed E-state index contributed by atoms with van der Waals surface area (Å²) in [5.74, 6) is 0. The number of aryl methyl sites for hydroxylation is 1. The van der Waals surface area contributed by atoms with Crippen molar-refractivity contribution in [2.45, 2.75) is 0 Å². The van der Waals surface area contributed by atoms with Gasteiger partial charge in [-0.1, -0.05) is 12.1 Å². The summed E-state index contributed by atoms with van der Waals surface area (Å²) in [5.41, 5.74) is 10.1. The summed E-state index contributed by atoms with van der Waals surface area (Å²) < 4.78 is 2.12. The maximum atomic E-state index is 5.71. The van der Waals surface area contributed by atoms with Crippen molar-refractivity contribution in [1.82, 2.24) is 4.57 Å². The first-order chi connectivity index (χ1) is 8.25. The van der Waals surface area contributed by atoms with Crippen molar-refractivity contribution in [3.63, 3.8) is 0 Å². The van der Waals surface area contributed by atoms with Crippen LogP contribution in [0.25, 0.3) is 22.0 Å². The molecule has 2 heterocycles. The molecular weight excluding hydrogens is 210 g/mol. The molecule has 3 N–H and O–H groups in total. The number of fused-ring (bicyclic) bond motifs is 1. The van der Waals surface area contributed by atoms with Crippen LogP contribution in [0.1, 0.15) is 0 Å². The first-order valence-corrected chi connectivity index (χ1v) is 5.57. The summed E-state index contributed by atoms with van der Waals surface area (Å²) in [6.07, 6.45) is 6.10. The molecule has 84 valence electrons. The number of aromatic nitrogens is 2. The fraction of sp³-hybridized carbons (Fsp3) is 0.0714. The highest BCUT2D eigenvalue weighted by Gasteiger charge is 2.09. The molecule has 0 radical (unpaired) electrons. The fourth-order valence-corrected chi connectivity index (χ4v) is 2.17. The Morgan fingerprint density at radius 1 is 1.12 bits per heavy atom. The van der Waals surface area contributed by atoms with Crippen molar-refractivity contribution in [2.75, 3.05) is 5.73 Å². The second kappa shape index (κ2) is 3.63. The standard InChI is InChI=1S/C14H13N3/c1-17-9-13(10-2-4-11(15)5-3-10)12-6-7-16-8-14(12)17/h2-9H,15H2,1H3/p+1. The number of pyridine rings is 1. The minimum Gasteiger partial charge on any atom is -0.399 e. The molecule has 0 aliphatic heterocycles. The number of hydrogen-bond acceptors (Lipinski definition) is 1. The van der Waals surface area contributed by atoms with E-state index in [0.717, 1.165) is 5.69 Å². The highest BCUT2D eigenvalue weighted by Crippen LogP contribution is 2.29. The lowest BCUT2D eigenvalue weighted by Gasteiger charge is -1.99. The van der Waals surface area contributed by atoms with Crippen molar-refractivity contribution in [3.8, 4) is 11.1 Å². The van der Waals surface area contributed by atoms with Crippen LogP contribution in [0.3, 0.4) is 0 Å². The maximum Gasteiger partial charge on any atom is 0.191 e. The third kappa shape index (κ3) is 1.56. The minimum absolute atomic E-state index is 0.794. The number of H-pyrrole nitrogens is 1. The Bertz CT molecular complexity index is 666. The Balaban J connectivity index is 2.27. The lowest BCUT2D eigenvalue weighted by Crippen LogP contribution is -1.98. The number of benzene rings is 1. The van der Waals surface area contributed by atoms with Crippen LogP contribution >= 0.6 is 0 Å². The van der Waals surface area contributed by atoms with Crippen molar-refractivity contribution in [1.29, 1.82) is 0 Å². The minimum atomic E-state index is 0.794. The number of anilines is 1. The van der Waals surface area contributed by atoms with Crippen LogP contribution < -0.4 is 10.7 Å². The van der Waals surface area contributed by atoms with E-state index in [2.05, 4.69) is 41.0 Å². The van der Waals surface area contributed by atoms with E-state index in [1.807, 2.05) is 24.5 Å². The van der Waals surface area contributed by atoms with Gasteiger partial charge in [0.25, 0.3) is 0 Å². The van der Waals surface area contributed by atoms with Gasteiger partial charge in [0, 0.05) is 35.9 Å². The highest BCUT2D eigenvalue weighted by atomic mass is 14.9. The van der Waals surface area contributed by atoms with Gasteiger partial charge in [-0.15, -0.1) is 0 Å². The van der Waals surface area contributed by atoms with Gasteiger partial charge in [0.2, 0.25) is 0 Å². The highest BCUT2D eigenvalue weighted by molar-refractivity contribution is 5.95. The second-order valence-electron chi connectivity index (χ2n) is 4.22. The van der Waals surface area contributed by atoms with E-state index in [1.54, 1.807) is 0 Å². The first-order valence-electron chi connectivity index (χ1n) is 5.57. The largest absolute Gasteiger partial charge is 0.399 e. The zero-order valence-corrected chi connectivity index (χ0v) is 9.64. The molecule has 0 atom stereocenters. The molecule has 0 amide bonds. The summed E-state index contributed by atoms with van der Waals surface area (Å²) >= 11 is 0. The lowest BCUT2D eigenvalue weighted by molar-refractivity contribution is -0.376. The summed E-state index contributed by atoms with van der Waals surface area (Å²) in [5, 5.41) is 1.25. The van der Waals surface area contributed by atoms with Crippen LogP contribution in [0.4, 0.5) is 5.69 Å². The van der Waals surface area contributed by atoms with E-state index in [1.165, 1.54) is 22.0 Å². The number of nitrogens with two attached hydrogens (primary N) is 1. The van der Waals surface area contributed by atoms with Gasteiger partial charge in [-0.05, 0) is 17.7 Å². The molecule has 1 aromatic carbocycles. The van der Waals surface area contributed by atoms with Gasteiger partial charge in [0.05, 0.1) is 0 Å². The Hall–Kier alpha value is -2.29. The number of aromatic amines is 1. The van der Waals surface area contributed by atoms with Crippen LogP contribution in [0.2, 0.25) is 0 Å². The van der Waals surface area contributed by atoms with Crippen LogP contribution in [-0.4, -0.2) is 4.57 Å². The average molecular weight is 224 g/mol. The van der Waals surface area contributed by atoms with E-state index >= 15 is 0 Å². The molecule has 17 heavy (non-hydrogen) atoms. The molecule has 3 heteroatoms. The Labute approximate surface area is 99.5 Å². The molecule has 0 unspecified atom stereocenters. The van der Waals surface area contributed by atoms with E-state index in [0.29, 0.717) is 0 Å². The van der Waals surface area contributed by atoms with Crippen LogP contribution in [-0.2, 0) is 7.05 Å².